The van der Waals surface area contributed by atoms with E-state index in [0.29, 0.717) is 23.8 Å². The lowest BCUT2D eigenvalue weighted by Crippen LogP contribution is -2.40. The highest BCUT2D eigenvalue weighted by Crippen LogP contribution is 2.38. The highest BCUT2D eigenvalue weighted by molar-refractivity contribution is 5.79. The van der Waals surface area contributed by atoms with Crippen LogP contribution in [-0.4, -0.2) is 53.6 Å². The standard InChI is InChI=1S/C17H27N3O4/c1-18-17(20-11-13-6-5-7-24-13)19-10-12-8-14(21-2)16(23-4)15(9-12)22-3/h8-9,13H,5-7,10-11H2,1-4H3,(H2,18,19,20). The number of hydrogen-bond donors (Lipinski definition) is 2. The average molecular weight is 337 g/mol. The molecule has 134 valence electrons. The summed E-state index contributed by atoms with van der Waals surface area (Å²) in [4.78, 5) is 4.23. The number of benzene rings is 1. The van der Waals surface area contributed by atoms with Crippen LogP contribution in [0.2, 0.25) is 0 Å². The maximum Gasteiger partial charge on any atom is 0.203 e. The molecule has 1 aliphatic rings. The Labute approximate surface area is 143 Å². The van der Waals surface area contributed by atoms with Gasteiger partial charge in [0.05, 0.1) is 27.4 Å². The normalized spacial score (nSPS) is 17.5. The Balaban J connectivity index is 1.96. The van der Waals surface area contributed by atoms with Gasteiger partial charge in [0.2, 0.25) is 5.75 Å². The molecule has 0 amide bonds. The highest BCUT2D eigenvalue weighted by atomic mass is 16.5. The summed E-state index contributed by atoms with van der Waals surface area (Å²) in [7, 11) is 6.56. The number of aliphatic imine (C=N–C) groups is 1. The molecule has 1 fully saturated rings. The van der Waals surface area contributed by atoms with Gasteiger partial charge in [-0.2, -0.15) is 0 Å². The fraction of sp³-hybridized carbons (Fsp3) is 0.588. The highest BCUT2D eigenvalue weighted by Gasteiger charge is 2.16. The minimum Gasteiger partial charge on any atom is -0.493 e. The lowest BCUT2D eigenvalue weighted by Gasteiger charge is -2.17. The first-order chi connectivity index (χ1) is 11.7. The van der Waals surface area contributed by atoms with Crippen molar-refractivity contribution in [2.24, 2.45) is 4.99 Å². The van der Waals surface area contributed by atoms with Crippen molar-refractivity contribution >= 4 is 5.96 Å². The molecule has 1 saturated heterocycles. The SMILES string of the molecule is CN=C(NCc1cc(OC)c(OC)c(OC)c1)NCC1CCCO1. The van der Waals surface area contributed by atoms with Crippen LogP contribution in [0.3, 0.4) is 0 Å². The molecular weight excluding hydrogens is 310 g/mol. The minimum absolute atomic E-state index is 0.268. The minimum atomic E-state index is 0.268. The summed E-state index contributed by atoms with van der Waals surface area (Å²) in [6.45, 7) is 2.20. The van der Waals surface area contributed by atoms with Gasteiger partial charge in [0.1, 0.15) is 0 Å². The van der Waals surface area contributed by atoms with Crippen LogP contribution in [-0.2, 0) is 11.3 Å². The Morgan fingerprint density at radius 3 is 2.38 bits per heavy atom. The van der Waals surface area contributed by atoms with Crippen LogP contribution < -0.4 is 24.8 Å². The third-order valence-corrected chi connectivity index (χ3v) is 3.93. The van der Waals surface area contributed by atoms with Crippen LogP contribution >= 0.6 is 0 Å². The van der Waals surface area contributed by atoms with Gasteiger partial charge >= 0.3 is 0 Å². The summed E-state index contributed by atoms with van der Waals surface area (Å²) in [6.07, 6.45) is 2.49. The number of guanidine groups is 1. The molecule has 1 heterocycles. The van der Waals surface area contributed by atoms with Gasteiger partial charge in [0.15, 0.2) is 17.5 Å². The molecule has 1 aromatic carbocycles. The van der Waals surface area contributed by atoms with Gasteiger partial charge in [-0.25, -0.2) is 0 Å². The summed E-state index contributed by atoms with van der Waals surface area (Å²) in [6, 6.07) is 3.84. The Morgan fingerprint density at radius 1 is 1.17 bits per heavy atom. The predicted molar refractivity (Wildman–Crippen MR) is 93.3 cm³/mol. The summed E-state index contributed by atoms with van der Waals surface area (Å²) < 4.78 is 21.7. The molecule has 0 bridgehead atoms. The number of nitrogens with zero attached hydrogens (tertiary/aromatic N) is 1. The van der Waals surface area contributed by atoms with Crippen LogP contribution in [0.4, 0.5) is 0 Å². The first kappa shape index (κ1) is 18.2. The third kappa shape index (κ3) is 4.67. The number of rotatable bonds is 7. The van der Waals surface area contributed by atoms with E-state index in [1.54, 1.807) is 28.4 Å². The molecule has 0 radical (unpaired) electrons. The second-order valence-corrected chi connectivity index (χ2v) is 5.48. The molecule has 1 aliphatic heterocycles. The Bertz CT molecular complexity index is 532. The van der Waals surface area contributed by atoms with E-state index >= 15 is 0 Å². The van der Waals surface area contributed by atoms with Crippen molar-refractivity contribution in [3.05, 3.63) is 17.7 Å². The first-order valence-electron chi connectivity index (χ1n) is 8.06. The van der Waals surface area contributed by atoms with Gasteiger partial charge in [-0.3, -0.25) is 4.99 Å². The van der Waals surface area contributed by atoms with Crippen molar-refractivity contribution in [3.63, 3.8) is 0 Å². The second kappa shape index (κ2) is 9.22. The molecule has 1 unspecified atom stereocenters. The third-order valence-electron chi connectivity index (χ3n) is 3.93. The molecule has 1 aromatic rings. The summed E-state index contributed by atoms with van der Waals surface area (Å²) in [5, 5.41) is 6.57. The van der Waals surface area contributed by atoms with Crippen molar-refractivity contribution in [2.75, 3.05) is 41.5 Å². The molecular formula is C17H27N3O4. The van der Waals surface area contributed by atoms with E-state index in [9.17, 15) is 0 Å². The lowest BCUT2D eigenvalue weighted by molar-refractivity contribution is 0.114. The van der Waals surface area contributed by atoms with E-state index in [1.165, 1.54) is 0 Å². The maximum absolute atomic E-state index is 5.60. The van der Waals surface area contributed by atoms with Crippen LogP contribution in [0, 0.1) is 0 Å². The summed E-state index contributed by atoms with van der Waals surface area (Å²) in [5.74, 6) is 2.59. The van der Waals surface area contributed by atoms with Gasteiger partial charge in [-0.15, -0.1) is 0 Å². The van der Waals surface area contributed by atoms with Gasteiger partial charge in [0.25, 0.3) is 0 Å². The van der Waals surface area contributed by atoms with E-state index in [0.717, 1.165) is 37.5 Å². The van der Waals surface area contributed by atoms with E-state index in [4.69, 9.17) is 18.9 Å². The fourth-order valence-corrected chi connectivity index (χ4v) is 2.66. The number of nitrogens with one attached hydrogen (secondary N) is 2. The van der Waals surface area contributed by atoms with E-state index < -0.39 is 0 Å². The van der Waals surface area contributed by atoms with E-state index in [-0.39, 0.29) is 6.10 Å². The van der Waals surface area contributed by atoms with Crippen molar-refractivity contribution < 1.29 is 18.9 Å². The Kier molecular flexibility index (Phi) is 6.99. The molecule has 0 spiro atoms. The quantitative estimate of drug-likeness (QED) is 0.581. The van der Waals surface area contributed by atoms with Crippen molar-refractivity contribution in [1.29, 1.82) is 0 Å². The van der Waals surface area contributed by atoms with Crippen molar-refractivity contribution in [3.8, 4) is 17.2 Å². The molecule has 0 saturated carbocycles. The topological polar surface area (TPSA) is 73.3 Å². The van der Waals surface area contributed by atoms with Crippen LogP contribution in [0.25, 0.3) is 0 Å². The monoisotopic (exact) mass is 337 g/mol. The van der Waals surface area contributed by atoms with Gasteiger partial charge in [-0.05, 0) is 30.5 Å². The van der Waals surface area contributed by atoms with Gasteiger partial charge in [-0.1, -0.05) is 0 Å². The summed E-state index contributed by atoms with van der Waals surface area (Å²) >= 11 is 0. The molecule has 24 heavy (non-hydrogen) atoms. The van der Waals surface area contributed by atoms with E-state index in [2.05, 4.69) is 15.6 Å². The lowest BCUT2D eigenvalue weighted by atomic mass is 10.2. The predicted octanol–water partition coefficient (Wildman–Crippen LogP) is 1.56. The van der Waals surface area contributed by atoms with Gasteiger partial charge in [0, 0.05) is 26.7 Å². The fourth-order valence-electron chi connectivity index (χ4n) is 2.66. The zero-order chi connectivity index (χ0) is 17.4. The molecule has 7 heteroatoms. The maximum atomic E-state index is 5.60. The van der Waals surface area contributed by atoms with Crippen molar-refractivity contribution in [1.82, 2.24) is 10.6 Å². The second-order valence-electron chi connectivity index (χ2n) is 5.48. The smallest absolute Gasteiger partial charge is 0.203 e. The Morgan fingerprint density at radius 2 is 1.88 bits per heavy atom. The largest absolute Gasteiger partial charge is 0.493 e. The van der Waals surface area contributed by atoms with Gasteiger partial charge < -0.3 is 29.6 Å². The Hall–Kier alpha value is -2.15. The zero-order valence-corrected chi connectivity index (χ0v) is 14.8. The molecule has 1 atom stereocenters. The number of methoxy groups -OCH3 is 3. The van der Waals surface area contributed by atoms with Crippen LogP contribution in [0.5, 0.6) is 17.2 Å². The summed E-state index contributed by atoms with van der Waals surface area (Å²) in [5.41, 5.74) is 1.00. The number of ether oxygens (including phenoxy) is 4. The van der Waals surface area contributed by atoms with Crippen LogP contribution in [0.1, 0.15) is 18.4 Å². The zero-order valence-electron chi connectivity index (χ0n) is 14.8. The first-order valence-corrected chi connectivity index (χ1v) is 8.06. The molecule has 0 aliphatic carbocycles. The van der Waals surface area contributed by atoms with Crippen molar-refractivity contribution in [2.45, 2.75) is 25.5 Å². The molecule has 2 rings (SSSR count). The number of hydrogen-bond acceptors (Lipinski definition) is 5. The molecule has 7 nitrogen and oxygen atoms in total. The van der Waals surface area contributed by atoms with Crippen LogP contribution in [0.15, 0.2) is 17.1 Å². The molecule has 2 N–H and O–H groups in total. The molecule has 0 aromatic heterocycles. The van der Waals surface area contributed by atoms with E-state index in [1.807, 2.05) is 12.1 Å². The average Bonchev–Trinajstić information content (AvgIpc) is 3.14.